The van der Waals surface area contributed by atoms with Gasteiger partial charge < -0.3 is 19.9 Å². The molecule has 118 valence electrons. The number of rotatable bonds is 6. The number of nitrogens with zero attached hydrogens (tertiary/aromatic N) is 1. The first-order chi connectivity index (χ1) is 9.63. The van der Waals surface area contributed by atoms with Crippen LogP contribution in [0.2, 0.25) is 0 Å². The summed E-state index contributed by atoms with van der Waals surface area (Å²) in [6.45, 7) is 10.9. The minimum absolute atomic E-state index is 0.0151. The predicted octanol–water partition coefficient (Wildman–Crippen LogP) is 0.474. The van der Waals surface area contributed by atoms with Gasteiger partial charge in [0, 0.05) is 45.4 Å². The topological polar surface area (TPSA) is 54.0 Å². The maximum absolute atomic E-state index is 9.27. The Labute approximate surface area is 122 Å². The van der Waals surface area contributed by atoms with Crippen molar-refractivity contribution >= 4 is 0 Å². The molecule has 0 spiro atoms. The van der Waals surface area contributed by atoms with Crippen LogP contribution in [0.3, 0.4) is 0 Å². The van der Waals surface area contributed by atoms with Gasteiger partial charge in [0.2, 0.25) is 0 Å². The highest BCUT2D eigenvalue weighted by Crippen LogP contribution is 2.31. The lowest BCUT2D eigenvalue weighted by Crippen LogP contribution is -2.53. The van der Waals surface area contributed by atoms with Crippen molar-refractivity contribution in [3.8, 4) is 0 Å². The molecule has 5 heteroatoms. The molecule has 2 saturated heterocycles. The van der Waals surface area contributed by atoms with Gasteiger partial charge in [-0.1, -0.05) is 13.8 Å². The van der Waals surface area contributed by atoms with Gasteiger partial charge in [-0.05, 0) is 18.3 Å². The van der Waals surface area contributed by atoms with Gasteiger partial charge in [-0.3, -0.25) is 4.90 Å². The molecule has 0 aromatic carbocycles. The SMILES string of the molecule is CC(C)NCC1(CN2CCOC(CO)C2)CCOCC1. The molecule has 2 rings (SSSR count). The lowest BCUT2D eigenvalue weighted by molar-refractivity contribution is -0.0746. The molecule has 0 radical (unpaired) electrons. The number of nitrogens with one attached hydrogen (secondary N) is 1. The number of aliphatic hydroxyl groups is 1. The summed E-state index contributed by atoms with van der Waals surface area (Å²) in [4.78, 5) is 2.46. The summed E-state index contributed by atoms with van der Waals surface area (Å²) in [5.74, 6) is 0. The molecule has 20 heavy (non-hydrogen) atoms. The van der Waals surface area contributed by atoms with Crippen LogP contribution in [-0.4, -0.2) is 74.8 Å². The summed E-state index contributed by atoms with van der Waals surface area (Å²) in [5, 5.41) is 12.9. The third kappa shape index (κ3) is 4.67. The second-order valence-electron chi connectivity index (χ2n) is 6.56. The average Bonchev–Trinajstić information content (AvgIpc) is 2.46. The zero-order chi connectivity index (χ0) is 14.4. The molecule has 0 amide bonds. The summed E-state index contributed by atoms with van der Waals surface area (Å²) in [6.07, 6.45) is 2.22. The van der Waals surface area contributed by atoms with Gasteiger partial charge >= 0.3 is 0 Å². The largest absolute Gasteiger partial charge is 0.394 e. The zero-order valence-electron chi connectivity index (χ0n) is 12.9. The van der Waals surface area contributed by atoms with Crippen LogP contribution in [0.15, 0.2) is 0 Å². The minimum Gasteiger partial charge on any atom is -0.394 e. The van der Waals surface area contributed by atoms with Crippen LogP contribution in [0.4, 0.5) is 0 Å². The van der Waals surface area contributed by atoms with Gasteiger partial charge in [-0.25, -0.2) is 0 Å². The number of ether oxygens (including phenoxy) is 2. The van der Waals surface area contributed by atoms with Gasteiger partial charge in [0.1, 0.15) is 0 Å². The lowest BCUT2D eigenvalue weighted by Gasteiger charge is -2.43. The fraction of sp³-hybridized carbons (Fsp3) is 1.00. The standard InChI is InChI=1S/C15H30N2O3/c1-13(2)16-11-15(3-6-19-7-4-15)12-17-5-8-20-14(9-17)10-18/h13-14,16,18H,3-12H2,1-2H3. The van der Waals surface area contributed by atoms with Crippen LogP contribution >= 0.6 is 0 Å². The summed E-state index contributed by atoms with van der Waals surface area (Å²) < 4.78 is 11.1. The monoisotopic (exact) mass is 286 g/mol. The van der Waals surface area contributed by atoms with Crippen molar-refractivity contribution in [2.45, 2.75) is 38.8 Å². The van der Waals surface area contributed by atoms with Crippen LogP contribution in [0.5, 0.6) is 0 Å². The zero-order valence-corrected chi connectivity index (χ0v) is 12.9. The van der Waals surface area contributed by atoms with Crippen molar-refractivity contribution in [3.05, 3.63) is 0 Å². The Morgan fingerprint density at radius 1 is 1.30 bits per heavy atom. The van der Waals surface area contributed by atoms with E-state index in [4.69, 9.17) is 9.47 Å². The van der Waals surface area contributed by atoms with Gasteiger partial charge in [0.15, 0.2) is 0 Å². The second-order valence-corrected chi connectivity index (χ2v) is 6.56. The quantitative estimate of drug-likeness (QED) is 0.743. The highest BCUT2D eigenvalue weighted by atomic mass is 16.5. The van der Waals surface area contributed by atoms with Crippen LogP contribution < -0.4 is 5.32 Å². The number of morpholine rings is 1. The van der Waals surface area contributed by atoms with E-state index in [9.17, 15) is 5.11 Å². The van der Waals surface area contributed by atoms with E-state index in [1.54, 1.807) is 0 Å². The van der Waals surface area contributed by atoms with E-state index < -0.39 is 0 Å². The molecule has 2 heterocycles. The predicted molar refractivity (Wildman–Crippen MR) is 78.9 cm³/mol. The first kappa shape index (κ1) is 16.2. The Kier molecular flexibility index (Phi) is 6.23. The van der Waals surface area contributed by atoms with Crippen molar-refractivity contribution in [2.75, 3.05) is 52.6 Å². The van der Waals surface area contributed by atoms with Crippen molar-refractivity contribution < 1.29 is 14.6 Å². The maximum Gasteiger partial charge on any atom is 0.0932 e. The van der Waals surface area contributed by atoms with E-state index >= 15 is 0 Å². The number of hydrogen-bond acceptors (Lipinski definition) is 5. The van der Waals surface area contributed by atoms with E-state index in [0.29, 0.717) is 11.5 Å². The van der Waals surface area contributed by atoms with Crippen molar-refractivity contribution in [2.24, 2.45) is 5.41 Å². The average molecular weight is 286 g/mol. The third-order valence-corrected chi connectivity index (χ3v) is 4.42. The number of hydrogen-bond donors (Lipinski definition) is 2. The Hall–Kier alpha value is -0.200. The molecule has 0 aromatic heterocycles. The molecular formula is C15H30N2O3. The molecule has 0 aliphatic carbocycles. The third-order valence-electron chi connectivity index (χ3n) is 4.42. The highest BCUT2D eigenvalue weighted by Gasteiger charge is 2.35. The van der Waals surface area contributed by atoms with Crippen LogP contribution in [0.25, 0.3) is 0 Å². The summed E-state index contributed by atoms with van der Waals surface area (Å²) in [7, 11) is 0. The van der Waals surface area contributed by atoms with Gasteiger partial charge in [-0.2, -0.15) is 0 Å². The maximum atomic E-state index is 9.27. The van der Waals surface area contributed by atoms with E-state index in [2.05, 4.69) is 24.1 Å². The fourth-order valence-corrected chi connectivity index (χ4v) is 3.12. The van der Waals surface area contributed by atoms with E-state index in [-0.39, 0.29) is 12.7 Å². The molecule has 5 nitrogen and oxygen atoms in total. The van der Waals surface area contributed by atoms with Crippen molar-refractivity contribution in [1.82, 2.24) is 10.2 Å². The van der Waals surface area contributed by atoms with Crippen LogP contribution in [0.1, 0.15) is 26.7 Å². The smallest absolute Gasteiger partial charge is 0.0932 e. The second kappa shape index (κ2) is 7.71. The summed E-state index contributed by atoms with van der Waals surface area (Å²) in [6, 6.07) is 0.518. The van der Waals surface area contributed by atoms with Gasteiger partial charge in [0.25, 0.3) is 0 Å². The summed E-state index contributed by atoms with van der Waals surface area (Å²) >= 11 is 0. The normalized spacial score (nSPS) is 27.9. The Morgan fingerprint density at radius 2 is 2.05 bits per heavy atom. The van der Waals surface area contributed by atoms with Crippen LogP contribution in [-0.2, 0) is 9.47 Å². The molecule has 0 bridgehead atoms. The van der Waals surface area contributed by atoms with Gasteiger partial charge in [0.05, 0.1) is 19.3 Å². The minimum atomic E-state index is -0.0151. The van der Waals surface area contributed by atoms with E-state index in [1.807, 2.05) is 0 Å². The van der Waals surface area contributed by atoms with E-state index in [0.717, 1.165) is 58.8 Å². The Bertz CT molecular complexity index is 280. The Morgan fingerprint density at radius 3 is 2.70 bits per heavy atom. The molecule has 1 atom stereocenters. The van der Waals surface area contributed by atoms with Crippen molar-refractivity contribution in [3.63, 3.8) is 0 Å². The fourth-order valence-electron chi connectivity index (χ4n) is 3.12. The van der Waals surface area contributed by atoms with E-state index in [1.165, 1.54) is 0 Å². The molecule has 1 unspecified atom stereocenters. The van der Waals surface area contributed by atoms with Gasteiger partial charge in [-0.15, -0.1) is 0 Å². The molecule has 0 aromatic rings. The Balaban J connectivity index is 1.92. The molecular weight excluding hydrogens is 256 g/mol. The molecule has 2 aliphatic heterocycles. The lowest BCUT2D eigenvalue weighted by atomic mass is 9.79. The first-order valence-electron chi connectivity index (χ1n) is 7.89. The molecule has 2 N–H and O–H groups in total. The van der Waals surface area contributed by atoms with Crippen molar-refractivity contribution in [1.29, 1.82) is 0 Å². The number of aliphatic hydroxyl groups excluding tert-OH is 1. The molecule has 2 fully saturated rings. The summed E-state index contributed by atoms with van der Waals surface area (Å²) in [5.41, 5.74) is 0.305. The van der Waals surface area contributed by atoms with Crippen LogP contribution in [0, 0.1) is 5.41 Å². The molecule has 0 saturated carbocycles. The highest BCUT2D eigenvalue weighted by molar-refractivity contribution is 4.89. The first-order valence-corrected chi connectivity index (χ1v) is 7.89. The molecule has 2 aliphatic rings.